The van der Waals surface area contributed by atoms with Crippen LogP contribution < -0.4 is 0 Å². The molecule has 54 valence electrons. The van der Waals surface area contributed by atoms with Crippen molar-refractivity contribution in [1.29, 1.82) is 0 Å². The van der Waals surface area contributed by atoms with Gasteiger partial charge < -0.3 is 33.3 Å². The number of rotatable bonds is 0. The Morgan fingerprint density at radius 2 is 1.11 bits per heavy atom. The molecule has 0 atom stereocenters. The third-order valence-corrected chi connectivity index (χ3v) is 0. The van der Waals surface area contributed by atoms with Gasteiger partial charge in [0.15, 0.2) is 0 Å². The van der Waals surface area contributed by atoms with Crippen molar-refractivity contribution in [3.8, 4) is 0 Å². The van der Waals surface area contributed by atoms with Crippen LogP contribution in [0.25, 0.3) is 0 Å². The summed E-state index contributed by atoms with van der Waals surface area (Å²) in [6, 6.07) is 0. The van der Waals surface area contributed by atoms with E-state index in [-0.39, 0.29) is 72.8 Å². The molecule has 0 aliphatic carbocycles. The predicted octanol–water partition coefficient (Wildman–Crippen LogP) is 1.30. The molecule has 0 fully saturated rings. The summed E-state index contributed by atoms with van der Waals surface area (Å²) in [5.41, 5.74) is 0. The van der Waals surface area contributed by atoms with Gasteiger partial charge in [0.25, 0.3) is 0 Å². The minimum Gasteiger partial charge on any atom is -0.456 e. The van der Waals surface area contributed by atoms with Crippen molar-refractivity contribution in [1.82, 2.24) is 0 Å². The fourth-order valence-corrected chi connectivity index (χ4v) is 0. The molecule has 2 radical (unpaired) electrons. The van der Waals surface area contributed by atoms with Crippen LogP contribution in [0.2, 0.25) is 0 Å². The van der Waals surface area contributed by atoms with Crippen molar-refractivity contribution in [3.05, 3.63) is 28.2 Å². The van der Waals surface area contributed by atoms with E-state index < -0.39 is 6.10 Å². The minimum atomic E-state index is -0.667. The Morgan fingerprint density at radius 3 is 1.11 bits per heavy atom. The van der Waals surface area contributed by atoms with Crippen LogP contribution in [0.4, 0.5) is 0 Å². The Labute approximate surface area is 110 Å². The van der Waals surface area contributed by atoms with Crippen LogP contribution in [0, 0.1) is 28.2 Å². The first-order chi connectivity index (χ1) is 2.73. The minimum absolute atomic E-state index is 0. The van der Waals surface area contributed by atoms with Crippen molar-refractivity contribution in [3.63, 3.8) is 0 Å². The summed E-state index contributed by atoms with van der Waals surface area (Å²) in [4.78, 5) is 0. The Kier molecular flexibility index (Phi) is 108. The molecule has 0 spiro atoms. The average molecular weight is 280 g/mol. The maximum atomic E-state index is 7.83. The van der Waals surface area contributed by atoms with Gasteiger partial charge in [-0.3, -0.25) is 0 Å². The molecule has 0 aromatic heterocycles. The third-order valence-electron chi connectivity index (χ3n) is 0. The van der Waals surface area contributed by atoms with Crippen molar-refractivity contribution >= 4 is 0 Å². The summed E-state index contributed by atoms with van der Waals surface area (Å²) in [7, 11) is 0. The van der Waals surface area contributed by atoms with E-state index in [9.17, 15) is 0 Å². The van der Waals surface area contributed by atoms with Gasteiger partial charge in [0, 0.05) is 65.4 Å². The summed E-state index contributed by atoms with van der Waals surface area (Å²) < 4.78 is 0. The fourth-order valence-electron chi connectivity index (χ4n) is 0. The first-order valence-electron chi connectivity index (χ1n) is 1.78. The summed E-state index contributed by atoms with van der Waals surface area (Å²) in [5.74, 6) is 0. The third kappa shape index (κ3) is 144. The van der Waals surface area contributed by atoms with Crippen LogP contribution in [0.5, 0.6) is 0 Å². The van der Waals surface area contributed by atoms with Crippen LogP contribution in [0.15, 0.2) is 0 Å². The Morgan fingerprint density at radius 1 is 1.11 bits per heavy atom. The standard InChI is InChI=1S/C3H6O.C2H5.CH3.2Y/c1-3(2)4;1-2;;;/h3-4H,1-2H2;1H2,2H3;1H3;;/q-2;2*-1;;. The number of hydrogen-bond acceptors (Lipinski definition) is 1. The van der Waals surface area contributed by atoms with Crippen LogP contribution in [-0.4, -0.2) is 11.2 Å². The summed E-state index contributed by atoms with van der Waals surface area (Å²) in [6.45, 7) is 11.2. The molecule has 0 amide bonds. The normalized spacial score (nSPS) is 4.67. The zero-order chi connectivity index (χ0) is 5.58. The SMILES string of the molecule is [CH2-]C.[CH2-]C([CH2-])O.[CH3-].[Y].[Y]. The second-order valence-electron chi connectivity index (χ2n) is 0.654. The average Bonchev–Trinajstić information content (AvgIpc) is 1.41. The van der Waals surface area contributed by atoms with Gasteiger partial charge in [0.2, 0.25) is 0 Å². The monoisotopic (exact) mass is 280 g/mol. The molecule has 1 nitrogen and oxygen atoms in total. The van der Waals surface area contributed by atoms with Crippen LogP contribution in [-0.2, 0) is 65.4 Å². The van der Waals surface area contributed by atoms with Gasteiger partial charge in [-0.2, -0.15) is 6.92 Å². The molecule has 0 aromatic rings. The van der Waals surface area contributed by atoms with Gasteiger partial charge in [-0.05, 0) is 0 Å². The topological polar surface area (TPSA) is 20.2 Å². The summed E-state index contributed by atoms with van der Waals surface area (Å²) >= 11 is 0. The molecule has 0 unspecified atom stereocenters. The quantitative estimate of drug-likeness (QED) is 0.663. The molecule has 0 aromatic carbocycles. The number of aliphatic hydroxyl groups excluding tert-OH is 1. The van der Waals surface area contributed by atoms with E-state index in [2.05, 4.69) is 20.8 Å². The van der Waals surface area contributed by atoms with Gasteiger partial charge in [-0.15, -0.1) is 0 Å². The van der Waals surface area contributed by atoms with Gasteiger partial charge in [0.05, 0.1) is 0 Å². The van der Waals surface area contributed by atoms with Crippen molar-refractivity contribution < 1.29 is 70.5 Å². The number of aliphatic hydroxyl groups is 1. The molecule has 9 heavy (non-hydrogen) atoms. The molecular weight excluding hydrogens is 266 g/mol. The zero-order valence-corrected chi connectivity index (χ0v) is 12.0. The van der Waals surface area contributed by atoms with Crippen molar-refractivity contribution in [2.75, 3.05) is 0 Å². The molecule has 0 rings (SSSR count). The Hall–Kier alpha value is 2.17. The van der Waals surface area contributed by atoms with E-state index in [1.165, 1.54) is 0 Å². The van der Waals surface area contributed by atoms with E-state index in [0.29, 0.717) is 0 Å². The Bertz CT molecular complexity index is 15.8. The maximum Gasteiger partial charge on any atom is 0 e. The first-order valence-corrected chi connectivity index (χ1v) is 1.78. The molecular formula is C6H14OY2-4. The molecule has 0 saturated heterocycles. The predicted molar refractivity (Wildman–Crippen MR) is 34.2 cm³/mol. The van der Waals surface area contributed by atoms with Crippen molar-refractivity contribution in [2.45, 2.75) is 13.0 Å². The smallest absolute Gasteiger partial charge is 0 e. The Balaban J connectivity index is -0.00000000990. The first kappa shape index (κ1) is 30.4. The van der Waals surface area contributed by atoms with Crippen LogP contribution in [0.3, 0.4) is 0 Å². The fraction of sp³-hybridized carbons (Fsp3) is 0.333. The molecule has 0 heterocycles. The molecule has 1 N–H and O–H groups in total. The van der Waals surface area contributed by atoms with Gasteiger partial charge in [-0.1, -0.05) is 0 Å². The molecule has 0 saturated carbocycles. The molecule has 0 aliphatic rings. The van der Waals surface area contributed by atoms with Gasteiger partial charge in [-0.25, -0.2) is 6.10 Å². The van der Waals surface area contributed by atoms with E-state index >= 15 is 0 Å². The second kappa shape index (κ2) is 32.0. The van der Waals surface area contributed by atoms with E-state index in [0.717, 1.165) is 0 Å². The van der Waals surface area contributed by atoms with E-state index in [4.69, 9.17) is 5.11 Å². The zero-order valence-electron chi connectivity index (χ0n) is 6.30. The molecule has 3 heteroatoms. The van der Waals surface area contributed by atoms with Gasteiger partial charge >= 0.3 is 0 Å². The summed E-state index contributed by atoms with van der Waals surface area (Å²) in [5, 5.41) is 7.83. The van der Waals surface area contributed by atoms with E-state index in [1.807, 2.05) is 0 Å². The second-order valence-corrected chi connectivity index (χ2v) is 0.654. The summed E-state index contributed by atoms with van der Waals surface area (Å²) in [6.07, 6.45) is -0.667. The maximum absolute atomic E-state index is 7.83. The van der Waals surface area contributed by atoms with Gasteiger partial charge in [0.1, 0.15) is 0 Å². The molecule has 0 aliphatic heterocycles. The van der Waals surface area contributed by atoms with Crippen LogP contribution in [0.1, 0.15) is 6.92 Å². The largest absolute Gasteiger partial charge is 0.456 e. The van der Waals surface area contributed by atoms with Crippen molar-refractivity contribution in [2.24, 2.45) is 0 Å². The molecule has 0 bridgehead atoms. The van der Waals surface area contributed by atoms with Crippen LogP contribution >= 0.6 is 0 Å². The van der Waals surface area contributed by atoms with E-state index in [1.54, 1.807) is 6.92 Å². The number of hydrogen-bond donors (Lipinski definition) is 1.